The van der Waals surface area contributed by atoms with Crippen molar-refractivity contribution < 1.29 is 14.3 Å². The molecule has 1 aliphatic rings. The second-order valence-corrected chi connectivity index (χ2v) is 6.49. The van der Waals surface area contributed by atoms with Crippen molar-refractivity contribution in [1.29, 1.82) is 0 Å². The smallest absolute Gasteiger partial charge is 0.274 e. The predicted molar refractivity (Wildman–Crippen MR) is 99.2 cm³/mol. The highest BCUT2D eigenvalue weighted by Gasteiger charge is 2.23. The van der Waals surface area contributed by atoms with Gasteiger partial charge < -0.3 is 19.7 Å². The number of rotatable bonds is 5. The van der Waals surface area contributed by atoms with E-state index in [4.69, 9.17) is 9.47 Å². The number of hydrogen-bond acceptors (Lipinski definition) is 6. The van der Waals surface area contributed by atoms with Gasteiger partial charge in [0.1, 0.15) is 11.5 Å². The van der Waals surface area contributed by atoms with Gasteiger partial charge in [0.05, 0.1) is 19.9 Å². The second-order valence-electron chi connectivity index (χ2n) is 6.49. The highest BCUT2D eigenvalue weighted by Crippen LogP contribution is 2.30. The molecule has 1 saturated heterocycles. The fourth-order valence-corrected chi connectivity index (χ4v) is 3.10. The molecular weight excluding hydrogens is 332 g/mol. The van der Waals surface area contributed by atoms with Crippen LogP contribution in [0.25, 0.3) is 0 Å². The number of likely N-dealkylation sites (tertiary alicyclic amines) is 1. The van der Waals surface area contributed by atoms with E-state index in [1.165, 1.54) is 6.42 Å². The minimum atomic E-state index is -0.0606. The molecule has 0 aliphatic carbocycles. The third kappa shape index (κ3) is 4.04. The van der Waals surface area contributed by atoms with Crippen LogP contribution in [-0.4, -0.2) is 48.3 Å². The number of nitrogens with zero attached hydrogens (tertiary/aromatic N) is 3. The maximum Gasteiger partial charge on any atom is 0.274 e. The third-order valence-corrected chi connectivity index (χ3v) is 4.50. The molecule has 1 atom stereocenters. The van der Waals surface area contributed by atoms with Crippen LogP contribution in [0.15, 0.2) is 30.3 Å². The Labute approximate surface area is 153 Å². The first-order valence-corrected chi connectivity index (χ1v) is 8.72. The number of benzene rings is 1. The average molecular weight is 356 g/mol. The molecule has 1 unspecified atom stereocenters. The summed E-state index contributed by atoms with van der Waals surface area (Å²) < 4.78 is 10.6. The van der Waals surface area contributed by atoms with Gasteiger partial charge in [-0.1, -0.05) is 6.92 Å². The van der Waals surface area contributed by atoms with Crippen LogP contribution in [0, 0.1) is 5.92 Å². The van der Waals surface area contributed by atoms with Crippen LogP contribution in [0.5, 0.6) is 11.5 Å². The van der Waals surface area contributed by atoms with Gasteiger partial charge in [0.2, 0.25) is 0 Å². The van der Waals surface area contributed by atoms with E-state index in [1.807, 2.05) is 23.1 Å². The Kier molecular flexibility index (Phi) is 5.55. The van der Waals surface area contributed by atoms with Crippen molar-refractivity contribution in [2.45, 2.75) is 19.8 Å². The minimum absolute atomic E-state index is 0.0606. The van der Waals surface area contributed by atoms with Crippen LogP contribution in [0.3, 0.4) is 0 Å². The fourth-order valence-electron chi connectivity index (χ4n) is 3.10. The maximum atomic E-state index is 12.6. The van der Waals surface area contributed by atoms with Gasteiger partial charge in [-0.15, -0.1) is 10.2 Å². The Bertz CT molecular complexity index is 764. The molecule has 0 bridgehead atoms. The summed E-state index contributed by atoms with van der Waals surface area (Å²) in [5, 5.41) is 11.4. The van der Waals surface area contributed by atoms with E-state index in [-0.39, 0.29) is 5.91 Å². The number of carbonyl (C=O) groups is 1. The molecule has 2 heterocycles. The Morgan fingerprint density at radius 1 is 1.19 bits per heavy atom. The van der Waals surface area contributed by atoms with Crippen molar-refractivity contribution in [3.63, 3.8) is 0 Å². The van der Waals surface area contributed by atoms with Crippen LogP contribution < -0.4 is 14.8 Å². The number of aromatic nitrogens is 2. The molecule has 0 spiro atoms. The highest BCUT2D eigenvalue weighted by atomic mass is 16.5. The van der Waals surface area contributed by atoms with Gasteiger partial charge >= 0.3 is 0 Å². The first-order chi connectivity index (χ1) is 12.6. The van der Waals surface area contributed by atoms with Gasteiger partial charge in [0.25, 0.3) is 5.91 Å². The first-order valence-electron chi connectivity index (χ1n) is 8.72. The van der Waals surface area contributed by atoms with Crippen molar-refractivity contribution >= 4 is 17.4 Å². The Morgan fingerprint density at radius 2 is 2.04 bits per heavy atom. The Balaban J connectivity index is 1.73. The molecule has 1 N–H and O–H groups in total. The summed E-state index contributed by atoms with van der Waals surface area (Å²) in [4.78, 5) is 14.4. The molecule has 3 rings (SSSR count). The zero-order chi connectivity index (χ0) is 18.5. The van der Waals surface area contributed by atoms with E-state index < -0.39 is 0 Å². The minimum Gasteiger partial charge on any atom is -0.497 e. The van der Waals surface area contributed by atoms with Gasteiger partial charge in [-0.25, -0.2) is 0 Å². The van der Waals surface area contributed by atoms with Gasteiger partial charge in [-0.05, 0) is 43.0 Å². The molecule has 1 aromatic heterocycles. The van der Waals surface area contributed by atoms with Crippen LogP contribution in [0.4, 0.5) is 11.5 Å². The molecule has 7 heteroatoms. The lowest BCUT2D eigenvalue weighted by Crippen LogP contribution is -2.39. The van der Waals surface area contributed by atoms with Crippen LogP contribution in [0.2, 0.25) is 0 Å². The standard InChI is InChI=1S/C19H24N4O3/c1-13-5-4-10-23(12-13)19(24)15-7-9-18(22-21-15)20-16-11-14(25-2)6-8-17(16)26-3/h6-9,11,13H,4-5,10,12H2,1-3H3,(H,20,22). The number of hydrogen-bond donors (Lipinski definition) is 1. The van der Waals surface area contributed by atoms with Crippen LogP contribution in [0.1, 0.15) is 30.3 Å². The van der Waals surface area contributed by atoms with Gasteiger partial charge in [0.15, 0.2) is 11.5 Å². The number of amides is 1. The monoisotopic (exact) mass is 356 g/mol. The van der Waals surface area contributed by atoms with Gasteiger partial charge in [-0.3, -0.25) is 4.79 Å². The lowest BCUT2D eigenvalue weighted by Gasteiger charge is -2.30. The van der Waals surface area contributed by atoms with Gasteiger partial charge in [-0.2, -0.15) is 0 Å². The fraction of sp³-hybridized carbons (Fsp3) is 0.421. The number of carbonyl (C=O) groups excluding carboxylic acids is 1. The third-order valence-electron chi connectivity index (χ3n) is 4.50. The Morgan fingerprint density at radius 3 is 2.69 bits per heavy atom. The molecule has 0 saturated carbocycles. The maximum absolute atomic E-state index is 12.6. The number of methoxy groups -OCH3 is 2. The average Bonchev–Trinajstić information content (AvgIpc) is 2.68. The molecule has 0 radical (unpaired) electrons. The van der Waals surface area contributed by atoms with E-state index >= 15 is 0 Å². The number of ether oxygens (including phenoxy) is 2. The van der Waals surface area contributed by atoms with E-state index in [2.05, 4.69) is 22.4 Å². The lowest BCUT2D eigenvalue weighted by atomic mass is 10.00. The molecule has 1 amide bonds. The molecule has 2 aromatic rings. The molecule has 7 nitrogen and oxygen atoms in total. The van der Waals surface area contributed by atoms with Gasteiger partial charge in [0, 0.05) is 19.2 Å². The summed E-state index contributed by atoms with van der Waals surface area (Å²) in [6, 6.07) is 8.88. The SMILES string of the molecule is COc1ccc(OC)c(Nc2ccc(C(=O)N3CCCC(C)C3)nn2)c1. The Hall–Kier alpha value is -2.83. The summed E-state index contributed by atoms with van der Waals surface area (Å²) in [5.41, 5.74) is 1.08. The molecular formula is C19H24N4O3. The molecule has 1 fully saturated rings. The number of anilines is 2. The summed E-state index contributed by atoms with van der Waals surface area (Å²) in [6.45, 7) is 3.73. The molecule has 26 heavy (non-hydrogen) atoms. The topological polar surface area (TPSA) is 76.6 Å². The molecule has 1 aliphatic heterocycles. The van der Waals surface area contributed by atoms with E-state index in [0.717, 1.165) is 19.5 Å². The number of nitrogens with one attached hydrogen (secondary N) is 1. The zero-order valence-corrected chi connectivity index (χ0v) is 15.4. The van der Waals surface area contributed by atoms with E-state index in [1.54, 1.807) is 26.4 Å². The highest BCUT2D eigenvalue weighted by molar-refractivity contribution is 5.92. The predicted octanol–water partition coefficient (Wildman–Crippen LogP) is 3.11. The molecule has 1 aromatic carbocycles. The first kappa shape index (κ1) is 18.0. The van der Waals surface area contributed by atoms with Crippen molar-refractivity contribution in [3.05, 3.63) is 36.0 Å². The molecule has 138 valence electrons. The summed E-state index contributed by atoms with van der Waals surface area (Å²) >= 11 is 0. The normalized spacial score (nSPS) is 16.9. The van der Waals surface area contributed by atoms with E-state index in [0.29, 0.717) is 34.6 Å². The second kappa shape index (κ2) is 8.03. The van der Waals surface area contributed by atoms with Crippen molar-refractivity contribution in [1.82, 2.24) is 15.1 Å². The van der Waals surface area contributed by atoms with E-state index in [9.17, 15) is 4.79 Å². The number of piperidine rings is 1. The summed E-state index contributed by atoms with van der Waals surface area (Å²) in [6.07, 6.45) is 2.20. The quantitative estimate of drug-likeness (QED) is 0.887. The lowest BCUT2D eigenvalue weighted by molar-refractivity contribution is 0.0676. The van der Waals surface area contributed by atoms with Crippen LogP contribution in [-0.2, 0) is 0 Å². The van der Waals surface area contributed by atoms with Crippen LogP contribution >= 0.6 is 0 Å². The zero-order valence-electron chi connectivity index (χ0n) is 15.4. The largest absolute Gasteiger partial charge is 0.497 e. The summed E-state index contributed by atoms with van der Waals surface area (Å²) in [7, 11) is 3.20. The summed E-state index contributed by atoms with van der Waals surface area (Å²) in [5.74, 6) is 2.36. The van der Waals surface area contributed by atoms with Crippen molar-refractivity contribution in [2.75, 3.05) is 32.6 Å². The van der Waals surface area contributed by atoms with Crippen molar-refractivity contribution in [2.24, 2.45) is 5.92 Å². The van der Waals surface area contributed by atoms with Crippen molar-refractivity contribution in [3.8, 4) is 11.5 Å².